The number of hydrogen-bond donors (Lipinski definition) is 0. The maximum Gasteiger partial charge on any atom is 0.417 e. The summed E-state index contributed by atoms with van der Waals surface area (Å²) in [6, 6.07) is 0. The van der Waals surface area contributed by atoms with Crippen LogP contribution in [0.4, 0.5) is 13.2 Å². The predicted octanol–water partition coefficient (Wildman–Crippen LogP) is 2.86. The summed E-state index contributed by atoms with van der Waals surface area (Å²) in [6.45, 7) is 2.77. The summed E-state index contributed by atoms with van der Waals surface area (Å²) in [5.74, 6) is -0.118. The van der Waals surface area contributed by atoms with Crippen molar-refractivity contribution in [3.8, 4) is 0 Å². The van der Waals surface area contributed by atoms with Gasteiger partial charge in [0.2, 0.25) is 5.88 Å². The van der Waals surface area contributed by atoms with Crippen LogP contribution >= 0.6 is 11.6 Å². The fourth-order valence-electron chi connectivity index (χ4n) is 0.340. The Kier molecular flexibility index (Phi) is 4.55. The second-order valence-electron chi connectivity index (χ2n) is 1.93. The van der Waals surface area contributed by atoms with E-state index in [-0.39, 0.29) is 5.88 Å². The lowest BCUT2D eigenvalue weighted by Crippen LogP contribution is -2.11. The molecule has 0 heterocycles. The monoisotopic (exact) mass is 213 g/mol. The molecule has 0 saturated carbocycles. The molecule has 13 heavy (non-hydrogen) atoms. The second-order valence-corrected chi connectivity index (χ2v) is 2.15. The Morgan fingerprint density at radius 3 is 2.38 bits per heavy atom. The molecular formula is C7H7ClF3NO. The van der Waals surface area contributed by atoms with Crippen LogP contribution < -0.4 is 0 Å². The van der Waals surface area contributed by atoms with Gasteiger partial charge in [-0.3, -0.25) is 0 Å². The van der Waals surface area contributed by atoms with Crippen molar-refractivity contribution in [1.82, 2.24) is 0 Å². The van der Waals surface area contributed by atoms with E-state index in [0.717, 1.165) is 5.54 Å². The van der Waals surface area contributed by atoms with Gasteiger partial charge in [0.25, 0.3) is 0 Å². The molecule has 0 rings (SSSR count). The van der Waals surface area contributed by atoms with Gasteiger partial charge in [0.05, 0.1) is 18.2 Å². The van der Waals surface area contributed by atoms with E-state index < -0.39 is 11.7 Å². The topological polar surface area (TPSA) is 21.6 Å². The van der Waals surface area contributed by atoms with Crippen LogP contribution in [0, 0.1) is 0 Å². The smallest absolute Gasteiger partial charge is 0.417 e. The van der Waals surface area contributed by atoms with E-state index in [4.69, 9.17) is 11.6 Å². The molecule has 0 aliphatic carbocycles. The van der Waals surface area contributed by atoms with Gasteiger partial charge in [0.1, 0.15) is 0 Å². The van der Waals surface area contributed by atoms with Gasteiger partial charge in [-0.2, -0.15) is 13.2 Å². The fourth-order valence-corrected chi connectivity index (χ4v) is 0.486. The molecule has 0 saturated heterocycles. The summed E-state index contributed by atoms with van der Waals surface area (Å²) in [6.07, 6.45) is -3.94. The number of methoxy groups -OCH3 is 1. The number of ether oxygens (including phenoxy) is 1. The minimum Gasteiger partial charge on any atom is -0.480 e. The number of alkyl halides is 3. The van der Waals surface area contributed by atoms with Crippen molar-refractivity contribution >= 4 is 17.8 Å². The molecule has 0 radical (unpaired) electrons. The lowest BCUT2D eigenvalue weighted by atomic mass is 10.3. The zero-order chi connectivity index (χ0) is 10.5. The molecule has 6 heteroatoms. The zero-order valence-electron chi connectivity index (χ0n) is 6.73. The van der Waals surface area contributed by atoms with E-state index in [2.05, 4.69) is 16.3 Å². The van der Waals surface area contributed by atoms with Gasteiger partial charge in [-0.1, -0.05) is 18.2 Å². The van der Waals surface area contributed by atoms with Crippen LogP contribution in [0.2, 0.25) is 0 Å². The third-order valence-electron chi connectivity index (χ3n) is 1.01. The van der Waals surface area contributed by atoms with E-state index in [9.17, 15) is 13.2 Å². The number of allylic oxidation sites excluding steroid dienone is 1. The lowest BCUT2D eigenvalue weighted by Gasteiger charge is -2.04. The maximum absolute atomic E-state index is 11.8. The van der Waals surface area contributed by atoms with Crippen molar-refractivity contribution < 1.29 is 17.9 Å². The molecule has 0 fully saturated rings. The number of aliphatic imine (C=N–C) groups is 1. The standard InChI is InChI=1S/C7H7ClF3NO/c1-5(7(9,10)11)4-12-6(3-8)13-2/h3-4H,1H2,2H3/b6-3-,12-4-. The summed E-state index contributed by atoms with van der Waals surface area (Å²) < 4.78 is 40.0. The third-order valence-corrected chi connectivity index (χ3v) is 1.20. The van der Waals surface area contributed by atoms with Crippen molar-refractivity contribution in [2.45, 2.75) is 6.18 Å². The van der Waals surface area contributed by atoms with Crippen LogP contribution in [-0.4, -0.2) is 19.5 Å². The highest BCUT2D eigenvalue weighted by Crippen LogP contribution is 2.22. The Hall–Kier alpha value is -0.970. The first-order valence-corrected chi connectivity index (χ1v) is 3.50. The van der Waals surface area contributed by atoms with Crippen LogP contribution in [0.5, 0.6) is 0 Å². The van der Waals surface area contributed by atoms with Crippen molar-refractivity contribution in [3.63, 3.8) is 0 Å². The average Bonchev–Trinajstić information content (AvgIpc) is 2.04. The van der Waals surface area contributed by atoms with Crippen molar-refractivity contribution in [1.29, 1.82) is 0 Å². The number of halogens is 4. The molecule has 0 spiro atoms. The zero-order valence-corrected chi connectivity index (χ0v) is 7.49. The highest BCUT2D eigenvalue weighted by atomic mass is 35.5. The highest BCUT2D eigenvalue weighted by Gasteiger charge is 2.30. The molecule has 0 aromatic carbocycles. The van der Waals surface area contributed by atoms with Gasteiger partial charge < -0.3 is 4.74 Å². The largest absolute Gasteiger partial charge is 0.480 e. The van der Waals surface area contributed by atoms with Crippen LogP contribution in [0.25, 0.3) is 0 Å². The molecule has 0 aromatic heterocycles. The van der Waals surface area contributed by atoms with E-state index in [1.807, 2.05) is 0 Å². The molecule has 0 atom stereocenters. The van der Waals surface area contributed by atoms with Crippen LogP contribution in [-0.2, 0) is 4.74 Å². The summed E-state index contributed by atoms with van der Waals surface area (Å²) >= 11 is 5.15. The molecular weight excluding hydrogens is 207 g/mol. The van der Waals surface area contributed by atoms with Gasteiger partial charge in [0.15, 0.2) is 0 Å². The summed E-state index contributed by atoms with van der Waals surface area (Å²) in [5, 5.41) is 0. The minimum absolute atomic E-state index is 0.118. The molecule has 0 bridgehead atoms. The summed E-state index contributed by atoms with van der Waals surface area (Å²) in [7, 11) is 1.24. The normalized spacial score (nSPS) is 13.5. The number of hydrogen-bond acceptors (Lipinski definition) is 2. The molecule has 0 aliphatic rings. The van der Waals surface area contributed by atoms with Crippen molar-refractivity contribution in [2.24, 2.45) is 4.99 Å². The highest BCUT2D eigenvalue weighted by molar-refractivity contribution is 6.25. The molecule has 2 nitrogen and oxygen atoms in total. The van der Waals surface area contributed by atoms with Gasteiger partial charge >= 0.3 is 6.18 Å². The summed E-state index contributed by atoms with van der Waals surface area (Å²) in [5.41, 5.74) is -0.152. The Labute approximate surface area is 78.4 Å². The van der Waals surface area contributed by atoms with Gasteiger partial charge in [-0.15, -0.1) is 0 Å². The molecule has 0 aromatic rings. The first-order chi connectivity index (χ1) is 5.91. The van der Waals surface area contributed by atoms with E-state index >= 15 is 0 Å². The number of nitrogens with zero attached hydrogens (tertiary/aromatic N) is 1. The first kappa shape index (κ1) is 12.0. The Balaban J connectivity index is 4.37. The minimum atomic E-state index is -4.48. The predicted molar refractivity (Wildman–Crippen MR) is 44.6 cm³/mol. The van der Waals surface area contributed by atoms with Crippen LogP contribution in [0.15, 0.2) is 28.6 Å². The van der Waals surface area contributed by atoms with Gasteiger partial charge in [-0.25, -0.2) is 4.99 Å². The Morgan fingerprint density at radius 2 is 2.08 bits per heavy atom. The molecule has 0 N–H and O–H groups in total. The van der Waals surface area contributed by atoms with Crippen LogP contribution in [0.1, 0.15) is 0 Å². The first-order valence-electron chi connectivity index (χ1n) is 3.06. The molecule has 0 unspecified atom stereocenters. The van der Waals surface area contributed by atoms with E-state index in [1.54, 1.807) is 0 Å². The molecule has 0 aliphatic heterocycles. The third kappa shape index (κ3) is 4.57. The molecule has 0 amide bonds. The van der Waals surface area contributed by atoms with E-state index in [1.165, 1.54) is 7.11 Å². The second kappa shape index (κ2) is 4.91. The molecule has 74 valence electrons. The van der Waals surface area contributed by atoms with Gasteiger partial charge in [-0.05, 0) is 0 Å². The fraction of sp³-hybridized carbons (Fsp3) is 0.286. The van der Waals surface area contributed by atoms with E-state index in [0.29, 0.717) is 6.21 Å². The van der Waals surface area contributed by atoms with Crippen molar-refractivity contribution in [3.05, 3.63) is 23.6 Å². The van der Waals surface area contributed by atoms with Crippen LogP contribution in [0.3, 0.4) is 0 Å². The SMILES string of the molecule is C=C(/C=N\C(=C\Cl)OC)C(F)(F)F. The number of rotatable bonds is 3. The quantitative estimate of drug-likeness (QED) is 0.522. The Bertz CT molecular complexity index is 245. The van der Waals surface area contributed by atoms with Gasteiger partial charge in [0, 0.05) is 6.21 Å². The Morgan fingerprint density at radius 1 is 1.54 bits per heavy atom. The lowest BCUT2D eigenvalue weighted by molar-refractivity contribution is -0.0852. The average molecular weight is 214 g/mol. The summed E-state index contributed by atoms with van der Waals surface area (Å²) in [4.78, 5) is 3.29. The van der Waals surface area contributed by atoms with Crippen molar-refractivity contribution in [2.75, 3.05) is 7.11 Å². The maximum atomic E-state index is 11.8.